The molecule has 0 saturated carbocycles. The van der Waals surface area contributed by atoms with Crippen LogP contribution in [0.5, 0.6) is 0 Å². The van der Waals surface area contributed by atoms with Crippen molar-refractivity contribution in [3.05, 3.63) is 29.8 Å². The lowest BCUT2D eigenvalue weighted by molar-refractivity contribution is 0.0601. The standard InChI is InChI=1S/C10H12FNO2/c1-14-10(13)8-2-4-9(5-3-8)12-7-6-11/h2-5,12H,6-7H2,1H3. The molecule has 0 heterocycles. The second-order valence-corrected chi connectivity index (χ2v) is 2.68. The Morgan fingerprint density at radius 1 is 1.43 bits per heavy atom. The highest BCUT2D eigenvalue weighted by molar-refractivity contribution is 5.89. The molecule has 0 amide bonds. The van der Waals surface area contributed by atoms with Crippen LogP contribution in [0.15, 0.2) is 24.3 Å². The van der Waals surface area contributed by atoms with Crippen LogP contribution in [-0.2, 0) is 4.74 Å². The van der Waals surface area contributed by atoms with Gasteiger partial charge in [0.1, 0.15) is 6.67 Å². The quantitative estimate of drug-likeness (QED) is 0.748. The van der Waals surface area contributed by atoms with Crippen molar-refractivity contribution < 1.29 is 13.9 Å². The maximum absolute atomic E-state index is 11.8. The number of carbonyl (C=O) groups is 1. The van der Waals surface area contributed by atoms with Crippen LogP contribution < -0.4 is 5.32 Å². The molecule has 3 nitrogen and oxygen atoms in total. The van der Waals surface area contributed by atoms with Gasteiger partial charge >= 0.3 is 5.97 Å². The van der Waals surface area contributed by atoms with E-state index in [0.717, 1.165) is 5.69 Å². The van der Waals surface area contributed by atoms with E-state index in [1.165, 1.54) is 7.11 Å². The summed E-state index contributed by atoms with van der Waals surface area (Å²) in [7, 11) is 1.33. The molecule has 0 saturated heterocycles. The van der Waals surface area contributed by atoms with Crippen molar-refractivity contribution >= 4 is 11.7 Å². The van der Waals surface area contributed by atoms with Crippen LogP contribution in [-0.4, -0.2) is 26.3 Å². The van der Waals surface area contributed by atoms with E-state index in [2.05, 4.69) is 10.1 Å². The Morgan fingerprint density at radius 3 is 2.57 bits per heavy atom. The highest BCUT2D eigenvalue weighted by Gasteiger charge is 2.03. The van der Waals surface area contributed by atoms with Gasteiger partial charge in [-0.05, 0) is 24.3 Å². The van der Waals surface area contributed by atoms with Gasteiger partial charge in [0.25, 0.3) is 0 Å². The molecule has 1 N–H and O–H groups in total. The second-order valence-electron chi connectivity index (χ2n) is 2.68. The molecule has 0 bridgehead atoms. The number of rotatable bonds is 4. The summed E-state index contributed by atoms with van der Waals surface area (Å²) in [6.07, 6.45) is 0. The lowest BCUT2D eigenvalue weighted by atomic mass is 10.2. The number of hydrogen-bond acceptors (Lipinski definition) is 3. The van der Waals surface area contributed by atoms with Gasteiger partial charge in [-0.2, -0.15) is 0 Å². The van der Waals surface area contributed by atoms with E-state index in [1.54, 1.807) is 24.3 Å². The molecule has 1 aromatic rings. The lowest BCUT2D eigenvalue weighted by Crippen LogP contribution is -2.04. The molecule has 76 valence electrons. The summed E-state index contributed by atoms with van der Waals surface area (Å²) in [6.45, 7) is -0.143. The fourth-order valence-electron chi connectivity index (χ4n) is 1.03. The SMILES string of the molecule is COC(=O)c1ccc(NCCF)cc1. The molecule has 0 aliphatic rings. The van der Waals surface area contributed by atoms with Gasteiger partial charge in [-0.1, -0.05) is 0 Å². The maximum Gasteiger partial charge on any atom is 0.337 e. The smallest absolute Gasteiger partial charge is 0.337 e. The summed E-state index contributed by atoms with van der Waals surface area (Å²) in [4.78, 5) is 11.0. The third-order valence-corrected chi connectivity index (χ3v) is 1.73. The summed E-state index contributed by atoms with van der Waals surface area (Å²) in [6, 6.07) is 6.68. The molecular weight excluding hydrogens is 185 g/mol. The molecule has 0 radical (unpaired) electrons. The van der Waals surface area contributed by atoms with E-state index in [0.29, 0.717) is 5.56 Å². The van der Waals surface area contributed by atoms with E-state index in [9.17, 15) is 9.18 Å². The van der Waals surface area contributed by atoms with Crippen LogP contribution in [0.2, 0.25) is 0 Å². The largest absolute Gasteiger partial charge is 0.465 e. The highest BCUT2D eigenvalue weighted by Crippen LogP contribution is 2.09. The van der Waals surface area contributed by atoms with Gasteiger partial charge in [0.05, 0.1) is 12.7 Å². The van der Waals surface area contributed by atoms with E-state index < -0.39 is 6.67 Å². The highest BCUT2D eigenvalue weighted by atomic mass is 19.1. The molecule has 0 atom stereocenters. The van der Waals surface area contributed by atoms with Crippen LogP contribution in [0.3, 0.4) is 0 Å². The van der Waals surface area contributed by atoms with Crippen molar-refractivity contribution in [2.24, 2.45) is 0 Å². The van der Waals surface area contributed by atoms with E-state index in [4.69, 9.17) is 0 Å². The molecule has 4 heteroatoms. The van der Waals surface area contributed by atoms with Gasteiger partial charge in [0, 0.05) is 12.2 Å². The minimum Gasteiger partial charge on any atom is -0.465 e. The number of halogens is 1. The number of benzene rings is 1. The monoisotopic (exact) mass is 197 g/mol. The van der Waals surface area contributed by atoms with Crippen molar-refractivity contribution in [3.63, 3.8) is 0 Å². The number of methoxy groups -OCH3 is 1. The number of hydrogen-bond donors (Lipinski definition) is 1. The first-order valence-corrected chi connectivity index (χ1v) is 4.26. The van der Waals surface area contributed by atoms with Crippen molar-refractivity contribution in [1.29, 1.82) is 0 Å². The summed E-state index contributed by atoms with van der Waals surface area (Å²) in [5.74, 6) is -0.373. The van der Waals surface area contributed by atoms with Gasteiger partial charge in [-0.3, -0.25) is 0 Å². The fraction of sp³-hybridized carbons (Fsp3) is 0.300. The average molecular weight is 197 g/mol. The summed E-state index contributed by atoms with van der Waals surface area (Å²) < 4.78 is 16.3. The van der Waals surface area contributed by atoms with Gasteiger partial charge in [-0.15, -0.1) is 0 Å². The van der Waals surface area contributed by atoms with E-state index >= 15 is 0 Å². The van der Waals surface area contributed by atoms with E-state index in [-0.39, 0.29) is 12.5 Å². The minimum atomic E-state index is -0.418. The van der Waals surface area contributed by atoms with Crippen LogP contribution in [0, 0.1) is 0 Å². The molecule has 0 aromatic heterocycles. The number of nitrogens with one attached hydrogen (secondary N) is 1. The first-order chi connectivity index (χ1) is 6.77. The zero-order valence-corrected chi connectivity index (χ0v) is 7.92. The average Bonchev–Trinajstić information content (AvgIpc) is 2.26. The summed E-state index contributed by atoms with van der Waals surface area (Å²) >= 11 is 0. The first kappa shape index (κ1) is 10.5. The van der Waals surface area contributed by atoms with Crippen molar-refractivity contribution in [3.8, 4) is 0 Å². The number of carbonyl (C=O) groups excluding carboxylic acids is 1. The summed E-state index contributed by atoms with van der Waals surface area (Å²) in [5.41, 5.74) is 1.27. The zero-order valence-electron chi connectivity index (χ0n) is 7.92. The molecular formula is C10H12FNO2. The Morgan fingerprint density at radius 2 is 2.07 bits per heavy atom. The molecule has 1 rings (SSSR count). The number of anilines is 1. The second kappa shape index (κ2) is 5.21. The van der Waals surface area contributed by atoms with E-state index in [1.807, 2.05) is 0 Å². The first-order valence-electron chi connectivity index (χ1n) is 4.26. The third-order valence-electron chi connectivity index (χ3n) is 1.73. The van der Waals surface area contributed by atoms with Crippen molar-refractivity contribution in [2.45, 2.75) is 0 Å². The van der Waals surface area contributed by atoms with Crippen molar-refractivity contribution in [1.82, 2.24) is 0 Å². The third kappa shape index (κ3) is 2.73. The fourth-order valence-corrected chi connectivity index (χ4v) is 1.03. The van der Waals surface area contributed by atoms with Crippen LogP contribution in [0.25, 0.3) is 0 Å². The maximum atomic E-state index is 11.8. The van der Waals surface area contributed by atoms with Crippen LogP contribution in [0.4, 0.5) is 10.1 Å². The topological polar surface area (TPSA) is 38.3 Å². The predicted octanol–water partition coefficient (Wildman–Crippen LogP) is 1.85. The number of alkyl halides is 1. The van der Waals surface area contributed by atoms with Gasteiger partial charge in [-0.25, -0.2) is 9.18 Å². The molecule has 14 heavy (non-hydrogen) atoms. The zero-order chi connectivity index (χ0) is 10.4. The normalized spacial score (nSPS) is 9.57. The molecule has 0 aliphatic carbocycles. The van der Waals surface area contributed by atoms with Gasteiger partial charge < -0.3 is 10.1 Å². The Balaban J connectivity index is 2.63. The number of ether oxygens (including phenoxy) is 1. The Kier molecular flexibility index (Phi) is 3.91. The lowest BCUT2D eigenvalue weighted by Gasteiger charge is -2.04. The summed E-state index contributed by atoms with van der Waals surface area (Å²) in [5, 5.41) is 2.85. The Hall–Kier alpha value is -1.58. The molecule has 1 aromatic carbocycles. The minimum absolute atomic E-state index is 0.275. The molecule has 0 spiro atoms. The number of esters is 1. The van der Waals surface area contributed by atoms with Crippen LogP contribution in [0.1, 0.15) is 10.4 Å². The van der Waals surface area contributed by atoms with Gasteiger partial charge in [0.15, 0.2) is 0 Å². The molecule has 0 fully saturated rings. The Labute approximate surface area is 81.9 Å². The molecule has 0 unspecified atom stereocenters. The van der Waals surface area contributed by atoms with Gasteiger partial charge in [0.2, 0.25) is 0 Å². The van der Waals surface area contributed by atoms with Crippen LogP contribution >= 0.6 is 0 Å². The Bertz CT molecular complexity index is 297. The molecule has 0 aliphatic heterocycles. The predicted molar refractivity (Wildman–Crippen MR) is 52.2 cm³/mol. The van der Waals surface area contributed by atoms with Crippen molar-refractivity contribution in [2.75, 3.05) is 25.6 Å².